The number of anilines is 1. The first kappa shape index (κ1) is 18.2. The number of ether oxygens (including phenoxy) is 1. The third-order valence-corrected chi connectivity index (χ3v) is 4.14. The molecule has 0 fully saturated rings. The number of fused-ring (bicyclic) bond motifs is 1. The second kappa shape index (κ2) is 7.43. The summed E-state index contributed by atoms with van der Waals surface area (Å²) in [5.41, 5.74) is 0.309. The fourth-order valence-electron chi connectivity index (χ4n) is 2.79. The lowest BCUT2D eigenvalue weighted by Gasteiger charge is -2.11. The number of rotatable bonds is 6. The summed E-state index contributed by atoms with van der Waals surface area (Å²) in [7, 11) is 0. The lowest BCUT2D eigenvalue weighted by Crippen LogP contribution is -2.28. The van der Waals surface area contributed by atoms with Gasteiger partial charge < -0.3 is 19.0 Å². The van der Waals surface area contributed by atoms with Crippen molar-refractivity contribution in [3.05, 3.63) is 71.4 Å². The molecule has 1 aliphatic rings. The van der Waals surface area contributed by atoms with Crippen molar-refractivity contribution in [1.82, 2.24) is 10.1 Å². The third-order valence-electron chi connectivity index (χ3n) is 4.14. The molecule has 1 aromatic carbocycles. The van der Waals surface area contributed by atoms with Crippen molar-refractivity contribution in [2.24, 2.45) is 0 Å². The van der Waals surface area contributed by atoms with E-state index in [1.807, 2.05) is 0 Å². The zero-order valence-corrected chi connectivity index (χ0v) is 14.8. The third kappa shape index (κ3) is 3.63. The molecule has 0 aliphatic carbocycles. The number of carbonyl (C=O) groups excluding carboxylic acids is 4. The molecule has 1 N–H and O–H groups in total. The molecule has 3 amide bonds. The zero-order chi connectivity index (χ0) is 20.4. The highest BCUT2D eigenvalue weighted by molar-refractivity contribution is 6.21. The van der Waals surface area contributed by atoms with Gasteiger partial charge in [-0.3, -0.25) is 19.3 Å². The van der Waals surface area contributed by atoms with Crippen LogP contribution in [0.5, 0.6) is 0 Å². The van der Waals surface area contributed by atoms with Gasteiger partial charge in [-0.1, -0.05) is 5.16 Å². The molecule has 0 saturated heterocycles. The number of imide groups is 1. The van der Waals surface area contributed by atoms with Crippen LogP contribution in [0.4, 0.5) is 5.82 Å². The predicted molar refractivity (Wildman–Crippen MR) is 94.8 cm³/mol. The molecule has 3 aromatic rings. The van der Waals surface area contributed by atoms with Crippen molar-refractivity contribution in [3.8, 4) is 0 Å². The summed E-state index contributed by atoms with van der Waals surface area (Å²) in [6, 6.07) is 8.74. The molecule has 146 valence electrons. The number of hydrogen-bond acceptors (Lipinski definition) is 8. The van der Waals surface area contributed by atoms with Gasteiger partial charge in [-0.25, -0.2) is 4.79 Å². The van der Waals surface area contributed by atoms with Crippen LogP contribution in [0.1, 0.15) is 36.8 Å². The van der Waals surface area contributed by atoms with Crippen molar-refractivity contribution in [2.45, 2.75) is 6.54 Å². The first-order valence-corrected chi connectivity index (χ1v) is 8.43. The maximum Gasteiger partial charge on any atom is 0.338 e. The molecule has 1 aliphatic heterocycles. The average Bonchev–Trinajstić information content (AvgIpc) is 3.46. The van der Waals surface area contributed by atoms with Gasteiger partial charge in [-0.05, 0) is 30.3 Å². The van der Waals surface area contributed by atoms with Crippen LogP contribution in [-0.2, 0) is 16.1 Å². The maximum absolute atomic E-state index is 12.6. The summed E-state index contributed by atoms with van der Waals surface area (Å²) in [4.78, 5) is 50.0. The summed E-state index contributed by atoms with van der Waals surface area (Å²) >= 11 is 0. The summed E-state index contributed by atoms with van der Waals surface area (Å²) in [6.07, 6.45) is 2.72. The van der Waals surface area contributed by atoms with Crippen LogP contribution in [-0.4, -0.2) is 40.4 Å². The molecule has 2 aromatic heterocycles. The van der Waals surface area contributed by atoms with Gasteiger partial charge in [0.1, 0.15) is 12.0 Å². The van der Waals surface area contributed by atoms with Crippen molar-refractivity contribution in [3.63, 3.8) is 0 Å². The highest BCUT2D eigenvalue weighted by Crippen LogP contribution is 2.26. The Morgan fingerprint density at radius 1 is 1.07 bits per heavy atom. The van der Waals surface area contributed by atoms with Crippen molar-refractivity contribution >= 4 is 29.5 Å². The fourth-order valence-corrected chi connectivity index (χ4v) is 2.79. The van der Waals surface area contributed by atoms with Gasteiger partial charge >= 0.3 is 5.97 Å². The lowest BCUT2D eigenvalue weighted by atomic mass is 10.1. The number of nitrogens with one attached hydrogen (secondary N) is 1. The normalized spacial score (nSPS) is 12.8. The van der Waals surface area contributed by atoms with E-state index in [1.165, 1.54) is 36.8 Å². The molecule has 0 saturated carbocycles. The topological polar surface area (TPSA) is 132 Å². The molecule has 10 nitrogen and oxygen atoms in total. The lowest BCUT2D eigenvalue weighted by molar-refractivity contribution is -0.119. The molecule has 0 spiro atoms. The van der Waals surface area contributed by atoms with Crippen LogP contribution >= 0.6 is 0 Å². The molecular formula is C19H13N3O7. The number of nitrogens with zero attached hydrogens (tertiary/aromatic N) is 2. The van der Waals surface area contributed by atoms with E-state index in [0.717, 1.165) is 4.90 Å². The molecule has 3 heterocycles. The molecule has 0 atom stereocenters. The van der Waals surface area contributed by atoms with Crippen LogP contribution in [0.25, 0.3) is 0 Å². The van der Waals surface area contributed by atoms with Gasteiger partial charge in [0, 0.05) is 6.07 Å². The minimum atomic E-state index is -0.812. The van der Waals surface area contributed by atoms with Gasteiger partial charge in [0.25, 0.3) is 17.7 Å². The highest BCUT2D eigenvalue weighted by atomic mass is 16.5. The van der Waals surface area contributed by atoms with Gasteiger partial charge in [-0.15, -0.1) is 0 Å². The second-order valence-corrected chi connectivity index (χ2v) is 6.05. The quantitative estimate of drug-likeness (QED) is 0.494. The van der Waals surface area contributed by atoms with Crippen LogP contribution in [0, 0.1) is 0 Å². The van der Waals surface area contributed by atoms with Crippen molar-refractivity contribution < 1.29 is 32.9 Å². The molecule has 0 radical (unpaired) electrons. The van der Waals surface area contributed by atoms with E-state index in [9.17, 15) is 19.2 Å². The molecule has 0 unspecified atom stereocenters. The summed E-state index contributed by atoms with van der Waals surface area (Å²) in [5, 5.41) is 5.88. The number of esters is 1. The van der Waals surface area contributed by atoms with Crippen LogP contribution in [0.2, 0.25) is 0 Å². The Labute approximate surface area is 163 Å². The van der Waals surface area contributed by atoms with Crippen LogP contribution in [0.15, 0.2) is 57.9 Å². The smallest absolute Gasteiger partial charge is 0.338 e. The Morgan fingerprint density at radius 3 is 2.62 bits per heavy atom. The molecule has 10 heteroatoms. The Kier molecular flexibility index (Phi) is 4.65. The Balaban J connectivity index is 1.42. The maximum atomic E-state index is 12.6. The summed E-state index contributed by atoms with van der Waals surface area (Å²) < 4.78 is 14.7. The van der Waals surface area contributed by atoms with Gasteiger partial charge in [-0.2, -0.15) is 0 Å². The van der Waals surface area contributed by atoms with E-state index in [1.54, 1.807) is 12.1 Å². The Morgan fingerprint density at radius 2 is 1.90 bits per heavy atom. The monoisotopic (exact) mass is 395 g/mol. The number of benzene rings is 1. The van der Waals surface area contributed by atoms with Gasteiger partial charge in [0.2, 0.25) is 0 Å². The molecule has 0 bridgehead atoms. The summed E-state index contributed by atoms with van der Waals surface area (Å²) in [6.45, 7) is -0.568. The Bertz CT molecular complexity index is 1090. The van der Waals surface area contributed by atoms with Gasteiger partial charge in [0.15, 0.2) is 12.4 Å². The van der Waals surface area contributed by atoms with Crippen LogP contribution < -0.4 is 5.32 Å². The Hall–Kier alpha value is -4.21. The van der Waals surface area contributed by atoms with Crippen molar-refractivity contribution in [2.75, 3.05) is 11.9 Å². The minimum absolute atomic E-state index is 0.0126. The van der Waals surface area contributed by atoms with E-state index >= 15 is 0 Å². The van der Waals surface area contributed by atoms with Gasteiger partial charge in [0.05, 0.1) is 29.5 Å². The SMILES string of the molecule is O=C(COC(=O)c1ccc2c(c1)C(=O)N(Cc1ccco1)C2=O)Nc1ccon1. The first-order valence-electron chi connectivity index (χ1n) is 8.43. The average molecular weight is 395 g/mol. The number of hydrogen-bond donors (Lipinski definition) is 1. The van der Waals surface area contributed by atoms with E-state index in [4.69, 9.17) is 9.15 Å². The van der Waals surface area contributed by atoms with Crippen LogP contribution in [0.3, 0.4) is 0 Å². The summed E-state index contributed by atoms with van der Waals surface area (Å²) in [5.74, 6) is -1.80. The number of furan rings is 1. The predicted octanol–water partition coefficient (Wildman–Crippen LogP) is 1.86. The number of carbonyl (C=O) groups is 4. The van der Waals surface area contributed by atoms with Crippen molar-refractivity contribution in [1.29, 1.82) is 0 Å². The largest absolute Gasteiger partial charge is 0.467 e. The number of amides is 3. The van der Waals surface area contributed by atoms with E-state index in [0.29, 0.717) is 5.76 Å². The van der Waals surface area contributed by atoms with E-state index in [2.05, 4.69) is 15.0 Å². The minimum Gasteiger partial charge on any atom is -0.467 e. The zero-order valence-electron chi connectivity index (χ0n) is 14.8. The second-order valence-electron chi connectivity index (χ2n) is 6.05. The molecule has 4 rings (SSSR count). The van der Waals surface area contributed by atoms with E-state index in [-0.39, 0.29) is 29.1 Å². The van der Waals surface area contributed by atoms with E-state index < -0.39 is 30.3 Å². The fraction of sp³-hybridized carbons (Fsp3) is 0.105. The number of aromatic nitrogens is 1. The highest BCUT2D eigenvalue weighted by Gasteiger charge is 2.36. The molecule has 29 heavy (non-hydrogen) atoms. The first-order chi connectivity index (χ1) is 14.0. The molecular weight excluding hydrogens is 382 g/mol. The standard InChI is InChI=1S/C19H13N3O7/c23-16(20-15-5-7-29-21-15)10-28-19(26)11-3-4-13-14(8-11)18(25)22(17(13)24)9-12-2-1-6-27-12/h1-8H,9-10H2,(H,20,21,23).